The molecule has 10 aromatic carbocycles. The molecule has 384 valence electrons. The number of fused-ring (bicyclic) bond motifs is 18. The van der Waals surface area contributed by atoms with E-state index in [1.54, 1.807) is 10.4 Å². The molecule has 0 saturated carbocycles. The van der Waals surface area contributed by atoms with Crippen molar-refractivity contribution < 1.29 is 0 Å². The first-order valence-corrected chi connectivity index (χ1v) is 32.0. The van der Waals surface area contributed by atoms with Gasteiger partial charge in [0.15, 0.2) is 0 Å². The van der Waals surface area contributed by atoms with Gasteiger partial charge in [-0.3, -0.25) is 0 Å². The van der Waals surface area contributed by atoms with E-state index in [0.29, 0.717) is 0 Å². The van der Waals surface area contributed by atoms with Crippen LogP contribution in [0, 0.1) is 0 Å². The fourth-order valence-electron chi connectivity index (χ4n) is 16.2. The predicted octanol–water partition coefficient (Wildman–Crippen LogP) is 17.1. The third-order valence-electron chi connectivity index (χ3n) is 19.5. The molecule has 12 aromatic rings. The molecule has 6 aliphatic rings. The maximum Gasteiger partial charge on any atom is 0.113 e. The standard InChI is InChI=1S/C76H56N4Si/c1-81(2,71-33-17-27-57-63(71)43-47-35-39-59-61-45-51(77-65-29-13-9-23-53(65)54-24-10-14-30-66(54)77)37-41-69(61)79(75(59)73(47)57)49-19-5-3-6-20-49)72-34-18-28-58-64(72)44-48-36-40-60-62-46-52(78-67-31-15-11-25-55(67)56-26-12-16-32-68(56)78)38-42-70(62)80(76(60)74(48)58)50-21-7-4-8-22-50/h3-42,45-46,59-60,75-76H,43-44H2,1-2H3. The Morgan fingerprint density at radius 3 is 1.12 bits per heavy atom. The van der Waals surface area contributed by atoms with Crippen LogP contribution < -0.4 is 20.2 Å². The largest absolute Gasteiger partial charge is 0.333 e. The molecule has 81 heavy (non-hydrogen) atoms. The van der Waals surface area contributed by atoms with Crippen LogP contribution in [0.4, 0.5) is 22.7 Å². The Hall–Kier alpha value is -9.42. The van der Waals surface area contributed by atoms with E-state index in [1.165, 1.54) is 133 Å². The van der Waals surface area contributed by atoms with E-state index in [0.717, 1.165) is 12.8 Å². The summed E-state index contributed by atoms with van der Waals surface area (Å²) in [4.78, 5) is 5.34. The smallest absolute Gasteiger partial charge is 0.113 e. The van der Waals surface area contributed by atoms with Gasteiger partial charge in [-0.2, -0.15) is 0 Å². The summed E-state index contributed by atoms with van der Waals surface area (Å²) in [7, 11) is -2.36. The van der Waals surface area contributed by atoms with Gasteiger partial charge in [0.25, 0.3) is 0 Å². The van der Waals surface area contributed by atoms with Crippen LogP contribution in [0.3, 0.4) is 0 Å². The molecule has 0 spiro atoms. The van der Waals surface area contributed by atoms with Crippen LogP contribution >= 0.6 is 0 Å². The van der Waals surface area contributed by atoms with Crippen LogP contribution in [0.25, 0.3) is 66.1 Å². The molecule has 0 N–H and O–H groups in total. The number of benzene rings is 10. The summed E-state index contributed by atoms with van der Waals surface area (Å²) in [6.45, 7) is 5.28. The van der Waals surface area contributed by atoms with E-state index < -0.39 is 8.07 Å². The molecular weight excluding hydrogens is 997 g/mol. The highest BCUT2D eigenvalue weighted by molar-refractivity contribution is 7.01. The van der Waals surface area contributed by atoms with Crippen LogP contribution in [0.5, 0.6) is 0 Å². The quantitative estimate of drug-likeness (QED) is 0.154. The average Bonchev–Trinajstić information content (AvgIpc) is 3.22. The number of anilines is 4. The molecule has 0 radical (unpaired) electrons. The molecule has 4 aliphatic carbocycles. The van der Waals surface area contributed by atoms with E-state index in [2.05, 4.69) is 287 Å². The molecule has 0 bridgehead atoms. The molecule has 18 rings (SSSR count). The van der Waals surface area contributed by atoms with E-state index in [9.17, 15) is 0 Å². The number of para-hydroxylation sites is 6. The second-order valence-electron chi connectivity index (χ2n) is 23.8. The van der Waals surface area contributed by atoms with Crippen molar-refractivity contribution in [3.05, 3.63) is 299 Å². The number of allylic oxidation sites excluding steroid dienone is 4. The molecule has 4 nitrogen and oxygen atoms in total. The van der Waals surface area contributed by atoms with Gasteiger partial charge in [0.2, 0.25) is 0 Å². The maximum atomic E-state index is 2.67. The first kappa shape index (κ1) is 45.4. The molecule has 0 saturated heterocycles. The van der Waals surface area contributed by atoms with Gasteiger partial charge in [-0.05, 0) is 153 Å². The van der Waals surface area contributed by atoms with Crippen molar-refractivity contribution in [2.45, 2.75) is 49.9 Å². The third kappa shape index (κ3) is 6.24. The normalized spacial score (nSPS) is 19.1. The lowest BCUT2D eigenvalue weighted by atomic mass is 9.82. The van der Waals surface area contributed by atoms with Gasteiger partial charge in [-0.1, -0.05) is 193 Å². The highest BCUT2D eigenvalue weighted by Gasteiger charge is 2.49. The van der Waals surface area contributed by atoms with E-state index >= 15 is 0 Å². The van der Waals surface area contributed by atoms with Crippen molar-refractivity contribution in [3.63, 3.8) is 0 Å². The second kappa shape index (κ2) is 16.8. The highest BCUT2D eigenvalue weighted by Crippen LogP contribution is 2.58. The molecule has 0 fully saturated rings. The maximum absolute atomic E-state index is 2.67. The molecule has 2 aliphatic heterocycles. The van der Waals surface area contributed by atoms with Gasteiger partial charge in [0, 0.05) is 67.5 Å². The zero-order chi connectivity index (χ0) is 53.2. The lowest BCUT2D eigenvalue weighted by Crippen LogP contribution is -2.55. The van der Waals surface area contributed by atoms with E-state index in [4.69, 9.17) is 0 Å². The van der Waals surface area contributed by atoms with Gasteiger partial charge in [-0.15, -0.1) is 0 Å². The van der Waals surface area contributed by atoms with Crippen LogP contribution in [-0.4, -0.2) is 29.3 Å². The van der Waals surface area contributed by atoms with Crippen LogP contribution in [0.2, 0.25) is 13.1 Å². The Balaban J connectivity index is 0.726. The Morgan fingerprint density at radius 1 is 0.358 bits per heavy atom. The van der Waals surface area contributed by atoms with Gasteiger partial charge < -0.3 is 18.9 Å². The fourth-order valence-corrected chi connectivity index (χ4v) is 19.5. The summed E-state index contributed by atoms with van der Waals surface area (Å²) in [5.74, 6) is 0.381. The molecule has 4 atom stereocenters. The lowest BCUT2D eigenvalue weighted by Gasteiger charge is -2.34. The Kier molecular flexibility index (Phi) is 9.43. The molecule has 2 aromatic heterocycles. The zero-order valence-electron chi connectivity index (χ0n) is 45.3. The number of aromatic nitrogens is 2. The minimum Gasteiger partial charge on any atom is -0.333 e. The average molecular weight is 1050 g/mol. The van der Waals surface area contributed by atoms with E-state index in [-0.39, 0.29) is 23.9 Å². The summed E-state index contributed by atoms with van der Waals surface area (Å²) in [6, 6.07) is 87.3. The van der Waals surface area contributed by atoms with Gasteiger partial charge in [0.05, 0.1) is 34.2 Å². The lowest BCUT2D eigenvalue weighted by molar-refractivity contribution is 0.758. The molecule has 4 heterocycles. The van der Waals surface area contributed by atoms with Crippen molar-refractivity contribution >= 4 is 96.0 Å². The summed E-state index contributed by atoms with van der Waals surface area (Å²) in [5.41, 5.74) is 27.1. The number of hydrogen-bond donors (Lipinski definition) is 0. The highest BCUT2D eigenvalue weighted by atomic mass is 28.3. The SMILES string of the molecule is C[Si](C)(c1cccc2c1CC1=C2C2C(C=C1)c1cc(-n3c4ccccc4c4ccccc43)ccc1N2c1ccccc1)c1cccc2c1CC1=C2C2C(C=C1)c1cc(-n3c4ccccc4c4ccccc43)ccc1N2c1ccccc1. The van der Waals surface area contributed by atoms with Crippen LogP contribution in [0.1, 0.15) is 45.2 Å². The summed E-state index contributed by atoms with van der Waals surface area (Å²) in [6.07, 6.45) is 12.0. The Morgan fingerprint density at radius 2 is 0.728 bits per heavy atom. The van der Waals surface area contributed by atoms with Crippen molar-refractivity contribution in [2.75, 3.05) is 9.80 Å². The summed E-state index contributed by atoms with van der Waals surface area (Å²) in [5, 5.41) is 8.29. The van der Waals surface area contributed by atoms with Crippen LogP contribution in [0.15, 0.2) is 266 Å². The molecular formula is C76H56N4Si. The first-order valence-electron chi connectivity index (χ1n) is 29.0. The molecule has 4 unspecified atom stereocenters. The number of rotatable bonds is 6. The fraction of sp³-hybridized carbons (Fsp3) is 0.105. The van der Waals surface area contributed by atoms with Gasteiger partial charge >= 0.3 is 0 Å². The van der Waals surface area contributed by atoms with E-state index in [1.807, 2.05) is 0 Å². The monoisotopic (exact) mass is 1050 g/mol. The Bertz CT molecular complexity index is 4420. The topological polar surface area (TPSA) is 16.3 Å². The third-order valence-corrected chi connectivity index (χ3v) is 23.2. The minimum atomic E-state index is -2.36. The van der Waals surface area contributed by atoms with Crippen molar-refractivity contribution in [1.29, 1.82) is 0 Å². The number of hydrogen-bond acceptors (Lipinski definition) is 2. The van der Waals surface area contributed by atoms with Gasteiger partial charge in [0.1, 0.15) is 8.07 Å². The minimum absolute atomic E-state index is 0.134. The zero-order valence-corrected chi connectivity index (χ0v) is 46.3. The molecule has 5 heteroatoms. The first-order chi connectivity index (χ1) is 40.0. The Labute approximate surface area is 472 Å². The second-order valence-corrected chi connectivity index (χ2v) is 28.1. The summed E-state index contributed by atoms with van der Waals surface area (Å²) >= 11 is 0. The van der Waals surface area contributed by atoms with Gasteiger partial charge in [-0.25, -0.2) is 0 Å². The molecule has 0 amide bonds. The number of nitrogens with zero attached hydrogens (tertiary/aromatic N) is 4. The van der Waals surface area contributed by atoms with Crippen molar-refractivity contribution in [2.24, 2.45) is 0 Å². The van der Waals surface area contributed by atoms with Crippen LogP contribution in [-0.2, 0) is 12.8 Å². The summed E-state index contributed by atoms with van der Waals surface area (Å²) < 4.78 is 4.95. The van der Waals surface area contributed by atoms with Crippen molar-refractivity contribution in [1.82, 2.24) is 9.13 Å². The predicted molar refractivity (Wildman–Crippen MR) is 341 cm³/mol. The van der Waals surface area contributed by atoms with Crippen molar-refractivity contribution in [3.8, 4) is 11.4 Å².